The molecule has 4 aromatic rings. The van der Waals surface area contributed by atoms with Gasteiger partial charge < -0.3 is 12.4 Å². The molecule has 0 bridgehead atoms. The number of azo groups is 1. The fourth-order valence-electron chi connectivity index (χ4n) is 3.19. The SMILES string of the molecule is Cc1c(N=NCc2c([N+]#N)c(C#Cc3ccccc3)nn2C)c(C#Cc2ccccc2)nn1C.[Cl-]. The molecule has 0 aliphatic rings. The second-order valence-corrected chi connectivity index (χ2v) is 7.41. The van der Waals surface area contributed by atoms with Crippen LogP contribution in [0.2, 0.25) is 0 Å². The zero-order valence-corrected chi connectivity index (χ0v) is 20.2. The molecular weight excluding hydrogens is 460 g/mol. The first-order valence-electron chi connectivity index (χ1n) is 10.5. The first-order valence-corrected chi connectivity index (χ1v) is 10.5. The van der Waals surface area contributed by atoms with Crippen LogP contribution in [0.5, 0.6) is 0 Å². The molecule has 0 fully saturated rings. The van der Waals surface area contributed by atoms with E-state index < -0.39 is 0 Å². The van der Waals surface area contributed by atoms with Crippen LogP contribution in [-0.4, -0.2) is 19.6 Å². The van der Waals surface area contributed by atoms with E-state index >= 15 is 0 Å². The van der Waals surface area contributed by atoms with Crippen molar-refractivity contribution in [2.45, 2.75) is 13.5 Å². The average molecular weight is 481 g/mol. The molecule has 0 spiro atoms. The van der Waals surface area contributed by atoms with Crippen molar-refractivity contribution < 1.29 is 12.4 Å². The van der Waals surface area contributed by atoms with Crippen LogP contribution in [0, 0.1) is 36.0 Å². The van der Waals surface area contributed by atoms with Crippen LogP contribution in [0.4, 0.5) is 11.4 Å². The molecule has 8 nitrogen and oxygen atoms in total. The van der Waals surface area contributed by atoms with Gasteiger partial charge in [0.2, 0.25) is 11.1 Å². The van der Waals surface area contributed by atoms with Crippen molar-refractivity contribution in [2.75, 3.05) is 0 Å². The first-order chi connectivity index (χ1) is 16.6. The van der Waals surface area contributed by atoms with Crippen LogP contribution in [0.15, 0.2) is 70.9 Å². The van der Waals surface area contributed by atoms with Gasteiger partial charge in [0.05, 0.1) is 5.69 Å². The maximum atomic E-state index is 9.60. The quantitative estimate of drug-likeness (QED) is 0.255. The molecule has 0 aliphatic carbocycles. The smallest absolute Gasteiger partial charge is 0.443 e. The summed E-state index contributed by atoms with van der Waals surface area (Å²) in [6.45, 7) is 2.06. The Labute approximate surface area is 209 Å². The van der Waals surface area contributed by atoms with E-state index in [-0.39, 0.29) is 24.6 Å². The second-order valence-electron chi connectivity index (χ2n) is 7.41. The van der Waals surface area contributed by atoms with Gasteiger partial charge in [-0.2, -0.15) is 20.4 Å². The highest BCUT2D eigenvalue weighted by atomic mass is 35.5. The molecule has 2 aromatic carbocycles. The van der Waals surface area contributed by atoms with Gasteiger partial charge in [-0.3, -0.25) is 9.36 Å². The number of diazo groups is 1. The van der Waals surface area contributed by atoms with Crippen molar-refractivity contribution in [1.82, 2.24) is 19.6 Å². The summed E-state index contributed by atoms with van der Waals surface area (Å²) < 4.78 is 3.31. The number of nitrogens with zero attached hydrogens (tertiary/aromatic N) is 8. The van der Waals surface area contributed by atoms with Crippen LogP contribution < -0.4 is 12.4 Å². The van der Waals surface area contributed by atoms with Gasteiger partial charge in [-0.25, -0.2) is 0 Å². The molecule has 0 aliphatic heterocycles. The summed E-state index contributed by atoms with van der Waals surface area (Å²) in [4.78, 5) is 3.41. The summed E-state index contributed by atoms with van der Waals surface area (Å²) in [6.07, 6.45) is 0. The number of halogens is 1. The third kappa shape index (κ3) is 5.81. The van der Waals surface area contributed by atoms with Gasteiger partial charge in [-0.15, -0.1) is 0 Å². The summed E-state index contributed by atoms with van der Waals surface area (Å²) in [7, 11) is 3.59. The number of rotatable bonds is 3. The molecule has 0 radical (unpaired) electrons. The number of aryl methyl sites for hydroxylation is 2. The normalized spacial score (nSPS) is 10.0. The minimum Gasteiger partial charge on any atom is -1.00 e. The first kappa shape index (κ1) is 24.9. The van der Waals surface area contributed by atoms with Crippen molar-refractivity contribution >= 4 is 11.4 Å². The Kier molecular flexibility index (Phi) is 8.14. The molecule has 0 unspecified atom stereocenters. The molecule has 0 N–H and O–H groups in total. The fourth-order valence-corrected chi connectivity index (χ4v) is 3.19. The average Bonchev–Trinajstić information content (AvgIpc) is 3.32. The minimum atomic E-state index is 0. The lowest BCUT2D eigenvalue weighted by molar-refractivity contribution is -0.00000735. The highest BCUT2D eigenvalue weighted by Gasteiger charge is 2.26. The van der Waals surface area contributed by atoms with Gasteiger partial charge in [-0.05, 0) is 43.0 Å². The van der Waals surface area contributed by atoms with E-state index in [0.29, 0.717) is 22.8 Å². The maximum Gasteiger partial charge on any atom is 0.443 e. The minimum absolute atomic E-state index is 0. The molecule has 0 amide bonds. The largest absolute Gasteiger partial charge is 1.00 e. The van der Waals surface area contributed by atoms with Crippen molar-refractivity contribution in [3.63, 3.8) is 0 Å². The predicted molar refractivity (Wildman–Crippen MR) is 129 cm³/mol. The van der Waals surface area contributed by atoms with E-state index in [2.05, 4.69) is 49.1 Å². The lowest BCUT2D eigenvalue weighted by Gasteiger charge is -1.94. The Hall–Kier alpha value is -4.71. The Bertz CT molecular complexity index is 1520. The molecule has 2 aromatic heterocycles. The van der Waals surface area contributed by atoms with E-state index in [1.54, 1.807) is 16.4 Å². The van der Waals surface area contributed by atoms with Crippen molar-refractivity contribution in [1.29, 1.82) is 5.39 Å². The Morgan fingerprint density at radius 2 is 1.37 bits per heavy atom. The Balaban J connectivity index is 0.00000342. The van der Waals surface area contributed by atoms with E-state index in [0.717, 1.165) is 16.8 Å². The Morgan fingerprint density at radius 1 is 0.829 bits per heavy atom. The van der Waals surface area contributed by atoms with E-state index in [1.807, 2.05) is 74.6 Å². The van der Waals surface area contributed by atoms with Gasteiger partial charge in [0.25, 0.3) is 0 Å². The Morgan fingerprint density at radius 3 is 1.94 bits per heavy atom. The second kappa shape index (κ2) is 11.4. The molecule has 4 rings (SSSR count). The lowest BCUT2D eigenvalue weighted by Crippen LogP contribution is -3.00. The van der Waals surface area contributed by atoms with Crippen LogP contribution in [-0.2, 0) is 20.6 Å². The summed E-state index contributed by atoms with van der Waals surface area (Å²) >= 11 is 0. The van der Waals surface area contributed by atoms with Crippen molar-refractivity contribution in [2.24, 2.45) is 24.3 Å². The summed E-state index contributed by atoms with van der Waals surface area (Å²) in [5.41, 5.74) is 4.94. The van der Waals surface area contributed by atoms with Crippen molar-refractivity contribution in [3.05, 3.63) is 99.5 Å². The number of hydrogen-bond acceptors (Lipinski definition) is 5. The maximum absolute atomic E-state index is 9.60. The summed E-state index contributed by atoms with van der Waals surface area (Å²) in [5, 5.41) is 27.1. The van der Waals surface area contributed by atoms with Gasteiger partial charge in [-0.1, -0.05) is 48.2 Å². The van der Waals surface area contributed by atoms with Crippen LogP contribution in [0.3, 0.4) is 0 Å². The molecule has 172 valence electrons. The summed E-state index contributed by atoms with van der Waals surface area (Å²) in [6, 6.07) is 19.2. The van der Waals surface area contributed by atoms with Crippen LogP contribution >= 0.6 is 0 Å². The molecule has 0 atom stereocenters. The van der Waals surface area contributed by atoms with Crippen LogP contribution in [0.25, 0.3) is 4.98 Å². The van der Waals surface area contributed by atoms with E-state index in [9.17, 15) is 5.39 Å². The number of hydrogen-bond donors (Lipinski definition) is 0. The van der Waals surface area contributed by atoms with E-state index in [4.69, 9.17) is 0 Å². The van der Waals surface area contributed by atoms with Gasteiger partial charge in [0.15, 0.2) is 16.4 Å². The third-order valence-electron chi connectivity index (χ3n) is 5.13. The number of benzene rings is 2. The standard InChI is InChI=1S/C26H21N8.ClH/c1-19-25(22(31-33(19)2)16-14-20-10-6-4-7-11-20)30-28-18-24-26(29-27)23(32-34(24)3)17-15-21-12-8-5-9-13-21;/h4-13H,18H2,1-3H3;1H/q+1;/p-1. The molecule has 2 heterocycles. The van der Waals surface area contributed by atoms with Gasteiger partial charge >= 0.3 is 5.69 Å². The number of aromatic nitrogens is 4. The topological polar surface area (TPSA) is 88.5 Å². The lowest BCUT2D eigenvalue weighted by atomic mass is 10.2. The zero-order valence-electron chi connectivity index (χ0n) is 19.4. The van der Waals surface area contributed by atoms with Crippen LogP contribution in [0.1, 0.15) is 33.9 Å². The molecule has 0 saturated heterocycles. The molecule has 0 saturated carbocycles. The van der Waals surface area contributed by atoms with E-state index in [1.165, 1.54) is 0 Å². The fraction of sp³-hybridized carbons (Fsp3) is 0.154. The van der Waals surface area contributed by atoms with Gasteiger partial charge in [0, 0.05) is 25.2 Å². The highest BCUT2D eigenvalue weighted by Crippen LogP contribution is 2.26. The molecule has 35 heavy (non-hydrogen) atoms. The van der Waals surface area contributed by atoms with Gasteiger partial charge in [0.1, 0.15) is 12.2 Å². The molecular formula is C26H21ClN8. The molecule has 9 heteroatoms. The highest BCUT2D eigenvalue weighted by molar-refractivity contribution is 5.61. The van der Waals surface area contributed by atoms with Crippen molar-refractivity contribution in [3.8, 4) is 23.7 Å². The monoisotopic (exact) mass is 480 g/mol. The zero-order chi connectivity index (χ0) is 23.9. The third-order valence-corrected chi connectivity index (χ3v) is 5.13. The summed E-state index contributed by atoms with van der Waals surface area (Å²) in [5.74, 6) is 12.2. The predicted octanol–water partition coefficient (Wildman–Crippen LogP) is 2.03.